The van der Waals surface area contributed by atoms with Crippen molar-refractivity contribution in [3.63, 3.8) is 0 Å². The van der Waals surface area contributed by atoms with E-state index in [1.54, 1.807) is 31.3 Å². The number of hydrogen-bond acceptors (Lipinski definition) is 6. The Labute approximate surface area is 234 Å². The third kappa shape index (κ3) is 7.79. The molecule has 2 fully saturated rings. The van der Waals surface area contributed by atoms with Crippen molar-refractivity contribution in [2.24, 2.45) is 11.8 Å². The second-order valence-electron chi connectivity index (χ2n) is 10.5. The number of sulfonamides is 1. The van der Waals surface area contributed by atoms with Crippen LogP contribution in [0.1, 0.15) is 50.0 Å². The SMILES string of the molecule is COC(=O)C1CCN(CCC(CN(C)S(=O)(=O)c2ccccc2)c2ccccc2)C(NCC2CCC2)C1.Cl. The molecule has 9 heteroatoms. The first kappa shape index (κ1) is 30.6. The van der Waals surface area contributed by atoms with Gasteiger partial charge in [0.2, 0.25) is 10.0 Å². The van der Waals surface area contributed by atoms with Gasteiger partial charge in [-0.25, -0.2) is 12.7 Å². The number of hydrogen-bond donors (Lipinski definition) is 1. The summed E-state index contributed by atoms with van der Waals surface area (Å²) in [5, 5.41) is 3.74. The Morgan fingerprint density at radius 1 is 1.08 bits per heavy atom. The number of nitrogens with zero attached hydrogens (tertiary/aromatic N) is 2. The topological polar surface area (TPSA) is 79.0 Å². The van der Waals surface area contributed by atoms with Crippen LogP contribution in [0.3, 0.4) is 0 Å². The molecule has 2 aliphatic rings. The number of nitrogens with one attached hydrogen (secondary N) is 1. The number of methoxy groups -OCH3 is 1. The summed E-state index contributed by atoms with van der Waals surface area (Å²) in [5.41, 5.74) is 1.14. The van der Waals surface area contributed by atoms with Gasteiger partial charge in [0.25, 0.3) is 0 Å². The molecule has 0 aromatic heterocycles. The number of piperidine rings is 1. The second kappa shape index (κ2) is 14.4. The molecule has 0 spiro atoms. The molecule has 0 bridgehead atoms. The highest BCUT2D eigenvalue weighted by Crippen LogP contribution is 2.29. The van der Waals surface area contributed by atoms with E-state index >= 15 is 0 Å². The molecule has 1 aliphatic heterocycles. The first-order valence-corrected chi connectivity index (χ1v) is 14.9. The molecule has 2 aromatic rings. The zero-order valence-electron chi connectivity index (χ0n) is 22.5. The zero-order chi connectivity index (χ0) is 26.3. The molecule has 1 aliphatic carbocycles. The smallest absolute Gasteiger partial charge is 0.308 e. The van der Waals surface area contributed by atoms with Gasteiger partial charge in [0.05, 0.1) is 24.1 Å². The number of esters is 1. The van der Waals surface area contributed by atoms with Gasteiger partial charge >= 0.3 is 5.97 Å². The molecule has 0 radical (unpaired) electrons. The number of carbonyl (C=O) groups excluding carboxylic acids is 1. The summed E-state index contributed by atoms with van der Waals surface area (Å²) in [6.07, 6.45) is 6.34. The van der Waals surface area contributed by atoms with Gasteiger partial charge in [-0.1, -0.05) is 55.0 Å². The first-order valence-electron chi connectivity index (χ1n) is 13.5. The third-order valence-corrected chi connectivity index (χ3v) is 9.92. The van der Waals surface area contributed by atoms with Crippen LogP contribution in [-0.4, -0.2) is 70.1 Å². The Balaban J connectivity index is 0.00000400. The Morgan fingerprint density at radius 2 is 1.74 bits per heavy atom. The second-order valence-corrected chi connectivity index (χ2v) is 12.5. The predicted octanol–water partition coefficient (Wildman–Crippen LogP) is 4.50. The maximum absolute atomic E-state index is 13.2. The standard InChI is InChI=1S/C29H41N3O4S.ClH/c1-31(37(34,35)27-14-7-4-8-15-27)22-26(24-12-5-3-6-13-24)17-19-32-18-16-25(29(33)36-2)20-28(32)30-21-23-10-9-11-23;/h3-8,12-15,23,25-26,28,30H,9-11,16-22H2,1-2H3;1H. The highest BCUT2D eigenvalue weighted by atomic mass is 35.5. The quantitative estimate of drug-likeness (QED) is 0.383. The first-order chi connectivity index (χ1) is 17.9. The fourth-order valence-corrected chi connectivity index (χ4v) is 6.70. The molecular weight excluding hydrogens is 522 g/mol. The Kier molecular flexibility index (Phi) is 11.6. The van der Waals surface area contributed by atoms with E-state index in [-0.39, 0.29) is 36.4 Å². The minimum absolute atomic E-state index is 0. The summed E-state index contributed by atoms with van der Waals surface area (Å²) in [6.45, 7) is 3.03. The van der Waals surface area contributed by atoms with Gasteiger partial charge in [0.1, 0.15) is 0 Å². The lowest BCUT2D eigenvalue weighted by Gasteiger charge is -2.41. The maximum Gasteiger partial charge on any atom is 0.308 e. The van der Waals surface area contributed by atoms with Crippen molar-refractivity contribution in [2.75, 3.05) is 40.3 Å². The molecule has 0 amide bonds. The van der Waals surface area contributed by atoms with Crippen molar-refractivity contribution < 1.29 is 17.9 Å². The lowest BCUT2D eigenvalue weighted by Crippen LogP contribution is -2.53. The zero-order valence-corrected chi connectivity index (χ0v) is 24.1. The summed E-state index contributed by atoms with van der Waals surface area (Å²) in [4.78, 5) is 15.0. The number of likely N-dealkylation sites (tertiary alicyclic amines) is 1. The predicted molar refractivity (Wildman–Crippen MR) is 153 cm³/mol. The molecule has 38 heavy (non-hydrogen) atoms. The lowest BCUT2D eigenvalue weighted by molar-refractivity contribution is -0.148. The van der Waals surface area contributed by atoms with Crippen LogP contribution >= 0.6 is 12.4 Å². The summed E-state index contributed by atoms with van der Waals surface area (Å²) in [7, 11) is -0.436. The molecule has 3 unspecified atom stereocenters. The van der Waals surface area contributed by atoms with E-state index in [2.05, 4.69) is 22.3 Å². The van der Waals surface area contributed by atoms with Crippen LogP contribution in [-0.2, 0) is 19.6 Å². The van der Waals surface area contributed by atoms with E-state index < -0.39 is 10.0 Å². The Bertz CT molecular complexity index is 1100. The number of carbonyl (C=O) groups is 1. The van der Waals surface area contributed by atoms with Gasteiger partial charge in [-0.05, 0) is 68.2 Å². The van der Waals surface area contributed by atoms with Gasteiger partial charge in [-0.3, -0.25) is 9.69 Å². The molecule has 4 rings (SSSR count). The van der Waals surface area contributed by atoms with Crippen molar-refractivity contribution in [1.29, 1.82) is 0 Å². The van der Waals surface area contributed by atoms with Crippen LogP contribution in [0.25, 0.3) is 0 Å². The molecule has 1 saturated heterocycles. The monoisotopic (exact) mass is 563 g/mol. The van der Waals surface area contributed by atoms with Crippen LogP contribution in [0, 0.1) is 11.8 Å². The fourth-order valence-electron chi connectivity index (χ4n) is 5.47. The van der Waals surface area contributed by atoms with E-state index in [9.17, 15) is 13.2 Å². The molecule has 1 heterocycles. The minimum atomic E-state index is -3.57. The van der Waals surface area contributed by atoms with Crippen molar-refractivity contribution in [3.8, 4) is 0 Å². The number of likely N-dealkylation sites (N-methyl/N-ethyl adjacent to an activating group) is 1. The fraction of sp³-hybridized carbons (Fsp3) is 0.552. The van der Waals surface area contributed by atoms with Gasteiger partial charge in [0, 0.05) is 26.7 Å². The molecule has 3 atom stereocenters. The van der Waals surface area contributed by atoms with Gasteiger partial charge in [0.15, 0.2) is 0 Å². The number of benzene rings is 2. The lowest BCUT2D eigenvalue weighted by atomic mass is 9.85. The minimum Gasteiger partial charge on any atom is -0.469 e. The van der Waals surface area contributed by atoms with Crippen LogP contribution < -0.4 is 5.32 Å². The van der Waals surface area contributed by atoms with Crippen molar-refractivity contribution in [1.82, 2.24) is 14.5 Å². The summed E-state index contributed by atoms with van der Waals surface area (Å²) in [5.74, 6) is 0.585. The number of rotatable bonds is 12. The highest BCUT2D eigenvalue weighted by Gasteiger charge is 2.34. The van der Waals surface area contributed by atoms with E-state index in [4.69, 9.17) is 4.74 Å². The van der Waals surface area contributed by atoms with Crippen LogP contribution in [0.15, 0.2) is 65.6 Å². The molecule has 210 valence electrons. The molecule has 7 nitrogen and oxygen atoms in total. The van der Waals surface area contributed by atoms with E-state index in [0.717, 1.165) is 50.4 Å². The molecule has 1 saturated carbocycles. The highest BCUT2D eigenvalue weighted by molar-refractivity contribution is 7.89. The van der Waals surface area contributed by atoms with Crippen molar-refractivity contribution in [3.05, 3.63) is 66.2 Å². The Morgan fingerprint density at radius 3 is 2.34 bits per heavy atom. The summed E-state index contributed by atoms with van der Waals surface area (Å²) < 4.78 is 33.0. The largest absolute Gasteiger partial charge is 0.469 e. The molecular formula is C29H42ClN3O4S. The third-order valence-electron chi connectivity index (χ3n) is 8.08. The van der Waals surface area contributed by atoms with E-state index in [1.165, 1.54) is 30.7 Å². The Hall–Kier alpha value is -1.97. The van der Waals surface area contributed by atoms with Gasteiger partial charge in [-0.15, -0.1) is 12.4 Å². The van der Waals surface area contributed by atoms with Gasteiger partial charge < -0.3 is 10.1 Å². The molecule has 2 aromatic carbocycles. The number of halogens is 1. The number of ether oxygens (including phenoxy) is 1. The van der Waals surface area contributed by atoms with Crippen molar-refractivity contribution in [2.45, 2.75) is 55.5 Å². The van der Waals surface area contributed by atoms with Crippen LogP contribution in [0.5, 0.6) is 0 Å². The van der Waals surface area contributed by atoms with Gasteiger partial charge in [-0.2, -0.15) is 0 Å². The van der Waals surface area contributed by atoms with Crippen LogP contribution in [0.2, 0.25) is 0 Å². The normalized spacial score (nSPS) is 21.3. The van der Waals surface area contributed by atoms with E-state index in [0.29, 0.717) is 11.4 Å². The average molecular weight is 564 g/mol. The average Bonchev–Trinajstić information content (AvgIpc) is 2.90. The molecule has 1 N–H and O–H groups in total. The van der Waals surface area contributed by atoms with E-state index in [1.807, 2.05) is 24.3 Å². The summed E-state index contributed by atoms with van der Waals surface area (Å²) >= 11 is 0. The van der Waals surface area contributed by atoms with Crippen molar-refractivity contribution >= 4 is 28.4 Å². The maximum atomic E-state index is 13.2. The van der Waals surface area contributed by atoms with Crippen LogP contribution in [0.4, 0.5) is 0 Å². The summed E-state index contributed by atoms with van der Waals surface area (Å²) in [6, 6.07) is 18.8.